The number of benzene rings is 2. The molecule has 0 aliphatic carbocycles. The van der Waals surface area contributed by atoms with Gasteiger partial charge < -0.3 is 5.73 Å². The molecule has 0 amide bonds. The van der Waals surface area contributed by atoms with Crippen molar-refractivity contribution in [1.82, 2.24) is 9.78 Å². The van der Waals surface area contributed by atoms with Crippen molar-refractivity contribution in [2.24, 2.45) is 5.73 Å². The summed E-state index contributed by atoms with van der Waals surface area (Å²) >= 11 is 0. The van der Waals surface area contributed by atoms with Crippen molar-refractivity contribution in [1.29, 1.82) is 0 Å². The second-order valence-electron chi connectivity index (χ2n) is 5.00. The van der Waals surface area contributed by atoms with Gasteiger partial charge in [-0.2, -0.15) is 5.10 Å². The van der Waals surface area contributed by atoms with Crippen molar-refractivity contribution in [2.75, 3.05) is 6.54 Å². The van der Waals surface area contributed by atoms with Gasteiger partial charge in [0.15, 0.2) is 5.03 Å². The lowest BCUT2D eigenvalue weighted by molar-refractivity contribution is 0.568. The summed E-state index contributed by atoms with van der Waals surface area (Å²) in [6.45, 7) is 1.14. The monoisotopic (exact) mass is 315 g/mol. The molecule has 0 bridgehead atoms. The molecule has 1 aromatic heterocycles. The zero-order chi connectivity index (χ0) is 15.6. The van der Waals surface area contributed by atoms with E-state index in [1.807, 2.05) is 18.2 Å². The average Bonchev–Trinajstić information content (AvgIpc) is 2.93. The third kappa shape index (κ3) is 2.51. The minimum absolute atomic E-state index is 0.103. The maximum atomic E-state index is 12.8. The van der Waals surface area contributed by atoms with Crippen LogP contribution in [0.1, 0.15) is 6.42 Å². The molecule has 0 aliphatic heterocycles. The molecule has 0 saturated carbocycles. The highest BCUT2D eigenvalue weighted by Gasteiger charge is 2.24. The van der Waals surface area contributed by atoms with Gasteiger partial charge in [0, 0.05) is 11.9 Å². The Hall–Kier alpha value is -2.18. The number of nitrogens with zero attached hydrogens (tertiary/aromatic N) is 2. The zero-order valence-corrected chi connectivity index (χ0v) is 12.8. The lowest BCUT2D eigenvalue weighted by atomic mass is 10.2. The molecule has 0 aliphatic rings. The normalized spacial score (nSPS) is 11.9. The fraction of sp³-hybridized carbons (Fsp3) is 0.188. The van der Waals surface area contributed by atoms with Crippen LogP contribution in [0, 0.1) is 0 Å². The maximum absolute atomic E-state index is 12.8. The SMILES string of the molecule is NCCCn1nc(S(=O)(=O)c2ccccc2)c2ccccc21. The molecule has 0 unspecified atom stereocenters. The largest absolute Gasteiger partial charge is 0.330 e. The first kappa shape index (κ1) is 14.7. The highest BCUT2D eigenvalue weighted by molar-refractivity contribution is 7.91. The van der Waals surface area contributed by atoms with Crippen LogP contribution in [0.15, 0.2) is 64.5 Å². The van der Waals surface area contributed by atoms with Gasteiger partial charge in [-0.25, -0.2) is 8.42 Å². The number of rotatable bonds is 5. The summed E-state index contributed by atoms with van der Waals surface area (Å²) in [6.07, 6.45) is 0.747. The lowest BCUT2D eigenvalue weighted by Gasteiger charge is -2.01. The van der Waals surface area contributed by atoms with Crippen LogP contribution in [0.2, 0.25) is 0 Å². The molecule has 2 N–H and O–H groups in total. The third-order valence-corrected chi connectivity index (χ3v) is 5.21. The molecule has 3 aromatic rings. The highest BCUT2D eigenvalue weighted by atomic mass is 32.2. The van der Waals surface area contributed by atoms with Crippen LogP contribution >= 0.6 is 0 Å². The molecule has 0 radical (unpaired) electrons. The topological polar surface area (TPSA) is 78.0 Å². The predicted octanol–water partition coefficient (Wildman–Crippen LogP) is 2.22. The van der Waals surface area contributed by atoms with Crippen molar-refractivity contribution < 1.29 is 8.42 Å². The molecule has 0 atom stereocenters. The van der Waals surface area contributed by atoms with Crippen molar-refractivity contribution >= 4 is 20.7 Å². The number of aryl methyl sites for hydroxylation is 1. The van der Waals surface area contributed by atoms with Crippen LogP contribution in [-0.4, -0.2) is 24.7 Å². The minimum atomic E-state index is -3.63. The van der Waals surface area contributed by atoms with Gasteiger partial charge in [-0.3, -0.25) is 4.68 Å². The molecule has 1 heterocycles. The Bertz CT molecular complexity index is 886. The molecule has 114 valence electrons. The molecule has 5 nitrogen and oxygen atoms in total. The summed E-state index contributed by atoms with van der Waals surface area (Å²) in [5.74, 6) is 0. The molecule has 3 rings (SSSR count). The molecule has 0 spiro atoms. The maximum Gasteiger partial charge on any atom is 0.226 e. The van der Waals surface area contributed by atoms with Gasteiger partial charge in [-0.1, -0.05) is 30.3 Å². The zero-order valence-electron chi connectivity index (χ0n) is 12.0. The summed E-state index contributed by atoms with van der Waals surface area (Å²) in [4.78, 5) is 0.254. The number of nitrogens with two attached hydrogens (primary N) is 1. The fourth-order valence-electron chi connectivity index (χ4n) is 2.42. The average molecular weight is 315 g/mol. The van der Waals surface area contributed by atoms with Crippen LogP contribution < -0.4 is 5.73 Å². The number of para-hydroxylation sites is 1. The molecule has 0 fully saturated rings. The van der Waals surface area contributed by atoms with Crippen molar-refractivity contribution in [3.63, 3.8) is 0 Å². The van der Waals surface area contributed by atoms with Crippen LogP contribution in [0.5, 0.6) is 0 Å². The first-order valence-electron chi connectivity index (χ1n) is 7.10. The minimum Gasteiger partial charge on any atom is -0.330 e. The molecule has 0 saturated heterocycles. The standard InChI is InChI=1S/C16H17N3O2S/c17-11-6-12-19-15-10-5-4-9-14(15)16(18-19)22(20,21)13-7-2-1-3-8-13/h1-5,7-10H,6,11-12,17H2. The summed E-state index contributed by atoms with van der Waals surface area (Å²) < 4.78 is 27.4. The Kier molecular flexibility index (Phi) is 3.96. The summed E-state index contributed by atoms with van der Waals surface area (Å²) in [7, 11) is -3.63. The molecular weight excluding hydrogens is 298 g/mol. The van der Waals surface area contributed by atoms with E-state index < -0.39 is 9.84 Å². The Balaban J connectivity index is 2.19. The van der Waals surface area contributed by atoms with E-state index in [1.54, 1.807) is 41.1 Å². The number of hydrogen-bond donors (Lipinski definition) is 1. The van der Waals surface area contributed by atoms with Gasteiger partial charge in [0.2, 0.25) is 9.84 Å². The van der Waals surface area contributed by atoms with Gasteiger partial charge >= 0.3 is 0 Å². The molecule has 22 heavy (non-hydrogen) atoms. The predicted molar refractivity (Wildman–Crippen MR) is 85.3 cm³/mol. The first-order chi connectivity index (χ1) is 10.6. The van der Waals surface area contributed by atoms with Crippen molar-refractivity contribution in [3.05, 3.63) is 54.6 Å². The molecule has 6 heteroatoms. The Morgan fingerprint density at radius 1 is 1.00 bits per heavy atom. The Morgan fingerprint density at radius 3 is 2.41 bits per heavy atom. The van der Waals surface area contributed by atoms with Crippen LogP contribution in [0.4, 0.5) is 0 Å². The second kappa shape index (κ2) is 5.90. The summed E-state index contributed by atoms with van der Waals surface area (Å²) in [5.41, 5.74) is 6.36. The number of hydrogen-bond acceptors (Lipinski definition) is 4. The summed E-state index contributed by atoms with van der Waals surface area (Å²) in [5, 5.41) is 5.09. The van der Waals surface area contributed by atoms with E-state index in [0.717, 1.165) is 11.9 Å². The van der Waals surface area contributed by atoms with E-state index >= 15 is 0 Å². The quantitative estimate of drug-likeness (QED) is 0.783. The van der Waals surface area contributed by atoms with E-state index in [2.05, 4.69) is 5.10 Å². The van der Waals surface area contributed by atoms with Crippen LogP contribution in [-0.2, 0) is 16.4 Å². The van der Waals surface area contributed by atoms with Gasteiger partial charge in [-0.05, 0) is 37.2 Å². The number of fused-ring (bicyclic) bond motifs is 1. The Labute approximate surface area is 129 Å². The van der Waals surface area contributed by atoms with Gasteiger partial charge in [-0.15, -0.1) is 0 Å². The van der Waals surface area contributed by atoms with Crippen LogP contribution in [0.25, 0.3) is 10.9 Å². The van der Waals surface area contributed by atoms with Crippen LogP contribution in [0.3, 0.4) is 0 Å². The smallest absolute Gasteiger partial charge is 0.226 e. The number of sulfone groups is 1. The van der Waals surface area contributed by atoms with Crippen molar-refractivity contribution in [2.45, 2.75) is 22.9 Å². The van der Waals surface area contributed by atoms with E-state index in [4.69, 9.17) is 5.73 Å². The van der Waals surface area contributed by atoms with Gasteiger partial charge in [0.05, 0.1) is 10.4 Å². The van der Waals surface area contributed by atoms with Gasteiger partial charge in [0.1, 0.15) is 0 Å². The highest BCUT2D eigenvalue weighted by Crippen LogP contribution is 2.27. The number of aromatic nitrogens is 2. The molecule has 2 aromatic carbocycles. The third-order valence-electron chi connectivity index (χ3n) is 3.51. The Morgan fingerprint density at radius 2 is 1.68 bits per heavy atom. The second-order valence-corrected chi connectivity index (χ2v) is 6.87. The van der Waals surface area contributed by atoms with E-state index in [9.17, 15) is 8.42 Å². The lowest BCUT2D eigenvalue weighted by Crippen LogP contribution is -2.08. The van der Waals surface area contributed by atoms with Crippen molar-refractivity contribution in [3.8, 4) is 0 Å². The molecular formula is C16H17N3O2S. The summed E-state index contributed by atoms with van der Waals surface area (Å²) in [6, 6.07) is 15.7. The first-order valence-corrected chi connectivity index (χ1v) is 8.58. The van der Waals surface area contributed by atoms with E-state index in [-0.39, 0.29) is 9.92 Å². The fourth-order valence-corrected chi connectivity index (χ4v) is 3.83. The van der Waals surface area contributed by atoms with E-state index in [0.29, 0.717) is 18.5 Å². The van der Waals surface area contributed by atoms with Gasteiger partial charge in [0.25, 0.3) is 0 Å². The van der Waals surface area contributed by atoms with E-state index in [1.165, 1.54) is 0 Å².